The number of sulfonamides is 1. The quantitative estimate of drug-likeness (QED) is 0.792. The number of nitrogens with zero attached hydrogens (tertiary/aromatic N) is 1. The first kappa shape index (κ1) is 11.5. The minimum absolute atomic E-state index is 0.0528. The molecule has 78 valence electrons. The third-order valence-electron chi connectivity index (χ3n) is 1.81. The maximum Gasteiger partial charge on any atom is 0.245 e. The Hall–Kier alpha value is -0.550. The third kappa shape index (κ3) is 2.48. The molecule has 0 fully saturated rings. The summed E-state index contributed by atoms with van der Waals surface area (Å²) >= 11 is 2.98. The van der Waals surface area contributed by atoms with E-state index in [4.69, 9.17) is 0 Å². The summed E-state index contributed by atoms with van der Waals surface area (Å²) in [5, 5.41) is 0. The second-order valence-corrected chi connectivity index (χ2v) is 5.92. The van der Waals surface area contributed by atoms with E-state index in [1.165, 1.54) is 4.31 Å². The lowest BCUT2D eigenvalue weighted by Gasteiger charge is -2.21. The Labute approximate surface area is 92.9 Å². The minimum Gasteiger partial charge on any atom is -0.270 e. The molecule has 5 heteroatoms. The number of hydrogen-bond donors (Lipinski definition) is 0. The predicted molar refractivity (Wildman–Crippen MR) is 62.2 cm³/mol. The van der Waals surface area contributed by atoms with Gasteiger partial charge in [0.1, 0.15) is 4.66 Å². The summed E-state index contributed by atoms with van der Waals surface area (Å²) < 4.78 is 24.5. The van der Waals surface area contributed by atoms with Crippen LogP contribution in [0.4, 0.5) is 5.69 Å². The second kappa shape index (κ2) is 4.79. The summed E-state index contributed by atoms with van der Waals surface area (Å²) in [6.45, 7) is 2.26. The smallest absolute Gasteiger partial charge is 0.245 e. The maximum atomic E-state index is 11.6. The summed E-state index contributed by atoms with van der Waals surface area (Å²) in [5.41, 5.74) is 0.703. The molecule has 1 rings (SSSR count). The van der Waals surface area contributed by atoms with E-state index in [1.807, 2.05) is 25.1 Å². The van der Waals surface area contributed by atoms with Gasteiger partial charge in [0, 0.05) is 6.54 Å². The first-order valence-corrected chi connectivity index (χ1v) is 6.96. The number of halogens is 1. The average Bonchev–Trinajstić information content (AvgIpc) is 2.20. The van der Waals surface area contributed by atoms with Crippen molar-refractivity contribution < 1.29 is 8.42 Å². The SMILES string of the molecule is CCN(c1ccccc1)S(=O)(=O)CBr. The second-order valence-electron chi connectivity index (χ2n) is 2.72. The van der Waals surface area contributed by atoms with Crippen molar-refractivity contribution in [2.24, 2.45) is 0 Å². The Morgan fingerprint density at radius 2 is 1.86 bits per heavy atom. The monoisotopic (exact) mass is 277 g/mol. The third-order valence-corrected chi connectivity index (χ3v) is 4.96. The molecule has 0 amide bonds. The van der Waals surface area contributed by atoms with Gasteiger partial charge in [-0.25, -0.2) is 8.42 Å². The maximum absolute atomic E-state index is 11.6. The fraction of sp³-hybridized carbons (Fsp3) is 0.333. The van der Waals surface area contributed by atoms with Crippen LogP contribution in [-0.2, 0) is 10.0 Å². The van der Waals surface area contributed by atoms with Gasteiger partial charge in [0.2, 0.25) is 10.0 Å². The molecule has 0 aliphatic rings. The molecule has 1 aromatic rings. The topological polar surface area (TPSA) is 37.4 Å². The molecule has 0 aromatic heterocycles. The molecule has 0 bridgehead atoms. The summed E-state index contributed by atoms with van der Waals surface area (Å²) in [7, 11) is -3.21. The van der Waals surface area contributed by atoms with Crippen molar-refractivity contribution in [1.29, 1.82) is 0 Å². The van der Waals surface area contributed by atoms with E-state index < -0.39 is 10.0 Å². The Balaban J connectivity index is 3.06. The highest BCUT2D eigenvalue weighted by atomic mass is 79.9. The van der Waals surface area contributed by atoms with Gasteiger partial charge < -0.3 is 0 Å². The molecule has 0 spiro atoms. The Morgan fingerprint density at radius 3 is 2.29 bits per heavy atom. The molecule has 0 aliphatic heterocycles. The Kier molecular flexibility index (Phi) is 3.95. The van der Waals surface area contributed by atoms with Gasteiger partial charge in [-0.15, -0.1) is 0 Å². The summed E-state index contributed by atoms with van der Waals surface area (Å²) in [6.07, 6.45) is 0. The van der Waals surface area contributed by atoms with Gasteiger partial charge in [0.15, 0.2) is 0 Å². The number of benzene rings is 1. The lowest BCUT2D eigenvalue weighted by Crippen LogP contribution is -2.31. The van der Waals surface area contributed by atoms with Crippen molar-refractivity contribution >= 4 is 31.6 Å². The molecule has 1 aromatic carbocycles. The number of anilines is 1. The van der Waals surface area contributed by atoms with Gasteiger partial charge in [-0.2, -0.15) is 0 Å². The molecular formula is C9H12BrNO2S. The van der Waals surface area contributed by atoms with Crippen LogP contribution in [0.15, 0.2) is 30.3 Å². The first-order chi connectivity index (χ1) is 6.61. The highest BCUT2D eigenvalue weighted by Gasteiger charge is 2.18. The Morgan fingerprint density at radius 1 is 1.29 bits per heavy atom. The Bertz CT molecular complexity index is 377. The van der Waals surface area contributed by atoms with Crippen molar-refractivity contribution in [3.63, 3.8) is 0 Å². The van der Waals surface area contributed by atoms with Crippen molar-refractivity contribution in [3.05, 3.63) is 30.3 Å². The van der Waals surface area contributed by atoms with Gasteiger partial charge in [-0.3, -0.25) is 4.31 Å². The zero-order chi connectivity index (χ0) is 10.6. The van der Waals surface area contributed by atoms with Gasteiger partial charge in [0.05, 0.1) is 5.69 Å². The average molecular weight is 278 g/mol. The van der Waals surface area contributed by atoms with Gasteiger partial charge >= 0.3 is 0 Å². The molecule has 0 radical (unpaired) electrons. The van der Waals surface area contributed by atoms with Gasteiger partial charge in [-0.1, -0.05) is 34.1 Å². The molecule has 14 heavy (non-hydrogen) atoms. The van der Waals surface area contributed by atoms with Crippen LogP contribution in [0.2, 0.25) is 0 Å². The number of para-hydroxylation sites is 1. The van der Waals surface area contributed by atoms with Crippen LogP contribution in [0.3, 0.4) is 0 Å². The van der Waals surface area contributed by atoms with E-state index in [0.29, 0.717) is 12.2 Å². The fourth-order valence-corrected chi connectivity index (χ4v) is 2.89. The molecule has 0 aliphatic carbocycles. The molecule has 0 heterocycles. The highest BCUT2D eigenvalue weighted by molar-refractivity contribution is 9.10. The van der Waals surface area contributed by atoms with E-state index in [0.717, 1.165) is 0 Å². The van der Waals surface area contributed by atoms with Crippen molar-refractivity contribution in [3.8, 4) is 0 Å². The van der Waals surface area contributed by atoms with Crippen LogP contribution >= 0.6 is 15.9 Å². The van der Waals surface area contributed by atoms with Crippen LogP contribution in [0.5, 0.6) is 0 Å². The van der Waals surface area contributed by atoms with Gasteiger partial charge in [-0.05, 0) is 19.1 Å². The summed E-state index contributed by atoms with van der Waals surface area (Å²) in [5.74, 6) is 0. The zero-order valence-corrected chi connectivity index (χ0v) is 10.3. The van der Waals surface area contributed by atoms with Crippen LogP contribution < -0.4 is 4.31 Å². The minimum atomic E-state index is -3.21. The van der Waals surface area contributed by atoms with E-state index in [2.05, 4.69) is 15.9 Å². The van der Waals surface area contributed by atoms with Crippen LogP contribution in [-0.4, -0.2) is 19.6 Å². The van der Waals surface area contributed by atoms with Crippen molar-refractivity contribution in [2.75, 3.05) is 15.5 Å². The predicted octanol–water partition coefficient (Wildman–Crippen LogP) is 2.20. The van der Waals surface area contributed by atoms with Crippen LogP contribution in [0.25, 0.3) is 0 Å². The number of rotatable bonds is 4. The van der Waals surface area contributed by atoms with Crippen molar-refractivity contribution in [2.45, 2.75) is 6.92 Å². The number of hydrogen-bond acceptors (Lipinski definition) is 2. The normalized spacial score (nSPS) is 11.3. The first-order valence-electron chi connectivity index (χ1n) is 4.23. The van der Waals surface area contributed by atoms with E-state index in [9.17, 15) is 8.42 Å². The zero-order valence-electron chi connectivity index (χ0n) is 7.85. The summed E-state index contributed by atoms with van der Waals surface area (Å²) in [4.78, 5) is 0. The molecule has 0 N–H and O–H groups in total. The van der Waals surface area contributed by atoms with E-state index in [1.54, 1.807) is 12.1 Å². The molecule has 0 unspecified atom stereocenters. The largest absolute Gasteiger partial charge is 0.270 e. The van der Waals surface area contributed by atoms with Crippen LogP contribution in [0.1, 0.15) is 6.92 Å². The fourth-order valence-electron chi connectivity index (χ4n) is 1.19. The lowest BCUT2D eigenvalue weighted by molar-refractivity contribution is 0.597. The van der Waals surface area contributed by atoms with E-state index in [-0.39, 0.29) is 4.66 Å². The summed E-state index contributed by atoms with van der Waals surface area (Å²) in [6, 6.07) is 9.06. The lowest BCUT2D eigenvalue weighted by atomic mass is 10.3. The van der Waals surface area contributed by atoms with Gasteiger partial charge in [0.25, 0.3) is 0 Å². The molecule has 0 saturated heterocycles. The molecular weight excluding hydrogens is 266 g/mol. The molecule has 3 nitrogen and oxygen atoms in total. The van der Waals surface area contributed by atoms with E-state index >= 15 is 0 Å². The molecule has 0 atom stereocenters. The molecule has 0 saturated carbocycles. The highest BCUT2D eigenvalue weighted by Crippen LogP contribution is 2.18. The standard InChI is InChI=1S/C9H12BrNO2S/c1-2-11(14(12,13)8-10)9-6-4-3-5-7-9/h3-7H,2,8H2,1H3. The van der Waals surface area contributed by atoms with Crippen LogP contribution in [0, 0.1) is 0 Å². The van der Waals surface area contributed by atoms with Crippen molar-refractivity contribution in [1.82, 2.24) is 0 Å². The number of alkyl halides is 1.